The van der Waals surface area contributed by atoms with Gasteiger partial charge in [0.2, 0.25) is 0 Å². The molecule has 3 rings (SSSR count). The fourth-order valence-corrected chi connectivity index (χ4v) is 1.60. The molecule has 0 aliphatic heterocycles. The first-order valence-electron chi connectivity index (χ1n) is 4.21. The quantitative estimate of drug-likeness (QED) is 0.581. The van der Waals surface area contributed by atoms with Crippen molar-refractivity contribution in [2.24, 2.45) is 0 Å². The molecule has 0 saturated carbocycles. The van der Waals surface area contributed by atoms with E-state index in [0.29, 0.717) is 0 Å². The minimum absolute atomic E-state index is 0.00769. The highest BCUT2D eigenvalue weighted by molar-refractivity contribution is 6.03. The van der Waals surface area contributed by atoms with Crippen LogP contribution >= 0.6 is 0 Å². The molecule has 3 aromatic rings. The Kier molecular flexibility index (Phi) is 1.28. The number of hydrogen-bond acceptors (Lipinski definition) is 3. The zero-order chi connectivity index (χ0) is 9.54. The third-order valence-electron chi connectivity index (χ3n) is 2.26. The molecular weight excluding hydrogens is 180 g/mol. The van der Waals surface area contributed by atoms with Crippen molar-refractivity contribution in [3.8, 4) is 0 Å². The summed E-state index contributed by atoms with van der Waals surface area (Å²) in [5.41, 5.74) is 1.59. The van der Waals surface area contributed by atoms with Gasteiger partial charge in [0.1, 0.15) is 11.0 Å². The number of aromatic amines is 1. The predicted molar refractivity (Wildman–Crippen MR) is 52.1 cm³/mol. The molecule has 0 fully saturated rings. The van der Waals surface area contributed by atoms with Crippen molar-refractivity contribution in [1.82, 2.24) is 10.3 Å². The van der Waals surface area contributed by atoms with Gasteiger partial charge < -0.3 is 0 Å². The molecule has 1 N–H and O–H groups in total. The first kappa shape index (κ1) is 7.32. The molecule has 4 nitrogen and oxygen atoms in total. The summed E-state index contributed by atoms with van der Waals surface area (Å²) in [4.78, 5) is 11.1. The lowest BCUT2D eigenvalue weighted by Crippen LogP contribution is -1.94. The molecular formula is C10H6N2O2. The van der Waals surface area contributed by atoms with Gasteiger partial charge in [-0.3, -0.25) is 9.42 Å². The van der Waals surface area contributed by atoms with Crippen LogP contribution in [0.4, 0.5) is 0 Å². The molecule has 0 aliphatic carbocycles. The van der Waals surface area contributed by atoms with Gasteiger partial charge in [-0.05, 0) is 29.7 Å². The molecule has 1 heterocycles. The van der Waals surface area contributed by atoms with E-state index >= 15 is 0 Å². The Bertz CT molecular complexity index is 666. The summed E-state index contributed by atoms with van der Waals surface area (Å²) in [5.74, 6) is 0. The van der Waals surface area contributed by atoms with Crippen LogP contribution in [0.5, 0.6) is 0 Å². The smallest absolute Gasteiger partial charge is 0.179 e. The maximum Gasteiger partial charge on any atom is 0.179 e. The van der Waals surface area contributed by atoms with Gasteiger partial charge in [-0.15, -0.1) is 0 Å². The van der Waals surface area contributed by atoms with E-state index in [1.165, 1.54) is 6.07 Å². The molecule has 0 spiro atoms. The zero-order valence-electron chi connectivity index (χ0n) is 7.15. The van der Waals surface area contributed by atoms with Crippen LogP contribution in [0.3, 0.4) is 0 Å². The van der Waals surface area contributed by atoms with Gasteiger partial charge in [0.15, 0.2) is 5.43 Å². The number of nitrogens with zero attached hydrogens (tertiary/aromatic N) is 1. The minimum atomic E-state index is 0.00769. The number of rotatable bonds is 0. The van der Waals surface area contributed by atoms with E-state index in [2.05, 4.69) is 10.3 Å². The Morgan fingerprint density at radius 1 is 1.21 bits per heavy atom. The summed E-state index contributed by atoms with van der Waals surface area (Å²) in [6, 6.07) is 8.57. The third kappa shape index (κ3) is 0.877. The topological polar surface area (TPSA) is 58.9 Å². The minimum Gasteiger partial charge on any atom is -0.290 e. The van der Waals surface area contributed by atoms with E-state index in [4.69, 9.17) is 4.63 Å². The van der Waals surface area contributed by atoms with Crippen molar-refractivity contribution in [1.29, 1.82) is 0 Å². The number of hydrogen-bond donors (Lipinski definition) is 1. The highest BCUT2D eigenvalue weighted by Gasteiger charge is 2.03. The highest BCUT2D eigenvalue weighted by atomic mass is 16.6. The van der Waals surface area contributed by atoms with Crippen molar-refractivity contribution in [3.05, 3.63) is 40.6 Å². The lowest BCUT2D eigenvalue weighted by atomic mass is 10.1. The summed E-state index contributed by atoms with van der Waals surface area (Å²) in [5, 5.41) is 8.32. The van der Waals surface area contributed by atoms with Crippen LogP contribution in [0.1, 0.15) is 0 Å². The second-order valence-corrected chi connectivity index (χ2v) is 3.13. The average molecular weight is 186 g/mol. The number of aromatic nitrogens is 2. The molecule has 0 aliphatic rings. The van der Waals surface area contributed by atoms with Crippen LogP contribution < -0.4 is 5.43 Å². The standard InChI is InChI=1S/C10H6N2O2/c13-7-2-3-8-6(5-7)1-4-9-10(8)12-14-11-9/h1-5,12H. The van der Waals surface area contributed by atoms with Crippen LogP contribution in [-0.4, -0.2) is 10.3 Å². The van der Waals surface area contributed by atoms with Gasteiger partial charge >= 0.3 is 0 Å². The van der Waals surface area contributed by atoms with E-state index in [0.717, 1.165) is 21.8 Å². The number of fused-ring (bicyclic) bond motifs is 3. The van der Waals surface area contributed by atoms with Gasteiger partial charge in [0.05, 0.1) is 0 Å². The summed E-state index contributed by atoms with van der Waals surface area (Å²) < 4.78 is 4.75. The van der Waals surface area contributed by atoms with E-state index in [9.17, 15) is 4.79 Å². The van der Waals surface area contributed by atoms with Gasteiger partial charge in [-0.2, -0.15) is 5.16 Å². The van der Waals surface area contributed by atoms with E-state index in [1.807, 2.05) is 12.1 Å². The summed E-state index contributed by atoms with van der Waals surface area (Å²) >= 11 is 0. The molecule has 0 saturated heterocycles. The maximum atomic E-state index is 11.1. The molecule has 4 heteroatoms. The van der Waals surface area contributed by atoms with Crippen LogP contribution in [0, 0.1) is 0 Å². The fraction of sp³-hybridized carbons (Fsp3) is 0. The fourth-order valence-electron chi connectivity index (χ4n) is 1.60. The Morgan fingerprint density at radius 2 is 2.14 bits per heavy atom. The monoisotopic (exact) mass is 186 g/mol. The lowest BCUT2D eigenvalue weighted by molar-refractivity contribution is 0.316. The molecule has 0 radical (unpaired) electrons. The molecule has 0 bridgehead atoms. The average Bonchev–Trinajstić information content (AvgIpc) is 2.65. The van der Waals surface area contributed by atoms with Gasteiger partial charge in [0.25, 0.3) is 0 Å². The van der Waals surface area contributed by atoms with Crippen LogP contribution in [-0.2, 0) is 0 Å². The Balaban J connectivity index is 2.63. The van der Waals surface area contributed by atoms with Crippen LogP contribution in [0.15, 0.2) is 39.8 Å². The molecule has 2 aromatic carbocycles. The molecule has 68 valence electrons. The number of benzene rings is 2. The molecule has 14 heavy (non-hydrogen) atoms. The van der Waals surface area contributed by atoms with Gasteiger partial charge in [-0.1, -0.05) is 11.2 Å². The van der Waals surface area contributed by atoms with Crippen molar-refractivity contribution < 1.29 is 4.63 Å². The normalized spacial score (nSPS) is 11.1. The first-order valence-corrected chi connectivity index (χ1v) is 4.21. The number of H-pyrrole nitrogens is 1. The molecule has 0 amide bonds. The van der Waals surface area contributed by atoms with E-state index in [1.54, 1.807) is 12.1 Å². The van der Waals surface area contributed by atoms with E-state index in [-0.39, 0.29) is 5.43 Å². The molecule has 0 unspecified atom stereocenters. The molecule has 0 atom stereocenters. The third-order valence-corrected chi connectivity index (χ3v) is 2.26. The summed E-state index contributed by atoms with van der Waals surface area (Å²) in [6.07, 6.45) is 0. The van der Waals surface area contributed by atoms with E-state index < -0.39 is 0 Å². The number of nitrogens with one attached hydrogen (secondary N) is 1. The maximum absolute atomic E-state index is 11.1. The van der Waals surface area contributed by atoms with Gasteiger partial charge in [-0.25, -0.2) is 0 Å². The van der Waals surface area contributed by atoms with Crippen molar-refractivity contribution in [2.75, 3.05) is 0 Å². The lowest BCUT2D eigenvalue weighted by Gasteiger charge is -1.94. The summed E-state index contributed by atoms with van der Waals surface area (Å²) in [7, 11) is 0. The van der Waals surface area contributed by atoms with Crippen LogP contribution in [0.25, 0.3) is 21.8 Å². The largest absolute Gasteiger partial charge is 0.290 e. The first-order chi connectivity index (χ1) is 6.84. The Labute approximate surface area is 78.1 Å². The molecule has 1 aromatic heterocycles. The van der Waals surface area contributed by atoms with Crippen LogP contribution in [0.2, 0.25) is 0 Å². The second kappa shape index (κ2) is 2.45. The SMILES string of the molecule is O=c1ccc2c(ccc3no[nH]c32)c1. The van der Waals surface area contributed by atoms with Crippen molar-refractivity contribution in [3.63, 3.8) is 0 Å². The zero-order valence-corrected chi connectivity index (χ0v) is 7.15. The van der Waals surface area contributed by atoms with Gasteiger partial charge in [0, 0.05) is 5.39 Å². The Morgan fingerprint density at radius 3 is 3.07 bits per heavy atom. The summed E-state index contributed by atoms with van der Waals surface area (Å²) in [6.45, 7) is 0. The van der Waals surface area contributed by atoms with Crippen molar-refractivity contribution in [2.45, 2.75) is 0 Å². The Hall–Kier alpha value is -2.10. The highest BCUT2D eigenvalue weighted by Crippen LogP contribution is 2.20. The predicted octanol–water partition coefficient (Wildman–Crippen LogP) is 1.67. The second-order valence-electron chi connectivity index (χ2n) is 3.13. The van der Waals surface area contributed by atoms with Crippen molar-refractivity contribution >= 4 is 21.8 Å².